The van der Waals surface area contributed by atoms with E-state index < -0.39 is 0 Å². The maximum atomic E-state index is 11.4. The molecule has 0 aromatic heterocycles. The zero-order valence-electron chi connectivity index (χ0n) is 10.9. The molecule has 1 atom stereocenters. The zero-order chi connectivity index (χ0) is 14.0. The van der Waals surface area contributed by atoms with Crippen LogP contribution in [-0.2, 0) is 9.59 Å². The fourth-order valence-corrected chi connectivity index (χ4v) is 2.75. The molecule has 1 saturated heterocycles. The van der Waals surface area contributed by atoms with Crippen LogP contribution >= 0.6 is 15.9 Å². The number of amides is 2. The van der Waals surface area contributed by atoms with E-state index in [1.807, 2.05) is 25.2 Å². The van der Waals surface area contributed by atoms with Crippen molar-refractivity contribution in [3.63, 3.8) is 0 Å². The highest BCUT2D eigenvalue weighted by molar-refractivity contribution is 9.10. The molecule has 0 saturated carbocycles. The standard InChI is InChI=1S/C13H16BrN3O2/c1-8(15-2)10-4-3-9(5-11(10)14)17-6-12(18)16-13(19)7-17/h3-5,8,15H,6-7H2,1-2H3,(H,16,18,19). The first-order valence-corrected chi connectivity index (χ1v) is 6.85. The van der Waals surface area contributed by atoms with Crippen LogP contribution in [0.2, 0.25) is 0 Å². The molecule has 1 aliphatic rings. The summed E-state index contributed by atoms with van der Waals surface area (Å²) in [6, 6.07) is 6.10. The van der Waals surface area contributed by atoms with Crippen LogP contribution in [0.4, 0.5) is 5.69 Å². The summed E-state index contributed by atoms with van der Waals surface area (Å²) in [5, 5.41) is 5.46. The molecule has 5 nitrogen and oxygen atoms in total. The number of halogens is 1. The lowest BCUT2D eigenvalue weighted by Crippen LogP contribution is -2.51. The van der Waals surface area contributed by atoms with Crippen LogP contribution in [0.1, 0.15) is 18.5 Å². The van der Waals surface area contributed by atoms with E-state index >= 15 is 0 Å². The zero-order valence-corrected chi connectivity index (χ0v) is 12.5. The monoisotopic (exact) mass is 325 g/mol. The molecule has 19 heavy (non-hydrogen) atoms. The highest BCUT2D eigenvalue weighted by Crippen LogP contribution is 2.28. The molecular weight excluding hydrogens is 310 g/mol. The topological polar surface area (TPSA) is 61.4 Å². The first kappa shape index (κ1) is 14.0. The van der Waals surface area contributed by atoms with Crippen LogP contribution in [0.25, 0.3) is 0 Å². The van der Waals surface area contributed by atoms with Gasteiger partial charge in [-0.15, -0.1) is 0 Å². The molecular formula is C13H16BrN3O2. The Bertz CT molecular complexity index is 503. The Balaban J connectivity index is 2.24. The number of imide groups is 1. The first-order chi connectivity index (χ1) is 9.01. The molecule has 0 spiro atoms. The summed E-state index contributed by atoms with van der Waals surface area (Å²) < 4.78 is 0.963. The Hall–Kier alpha value is -1.40. The third-order valence-electron chi connectivity index (χ3n) is 3.20. The van der Waals surface area contributed by atoms with Crippen molar-refractivity contribution in [3.05, 3.63) is 28.2 Å². The highest BCUT2D eigenvalue weighted by atomic mass is 79.9. The molecule has 0 radical (unpaired) electrons. The summed E-state index contributed by atoms with van der Waals surface area (Å²) >= 11 is 3.53. The van der Waals surface area contributed by atoms with Crippen LogP contribution in [0, 0.1) is 0 Å². The van der Waals surface area contributed by atoms with Crippen molar-refractivity contribution in [3.8, 4) is 0 Å². The van der Waals surface area contributed by atoms with E-state index in [1.165, 1.54) is 0 Å². The minimum absolute atomic E-state index is 0.207. The Morgan fingerprint density at radius 3 is 2.47 bits per heavy atom. The number of anilines is 1. The maximum Gasteiger partial charge on any atom is 0.246 e. The highest BCUT2D eigenvalue weighted by Gasteiger charge is 2.23. The number of hydrogen-bond acceptors (Lipinski definition) is 4. The van der Waals surface area contributed by atoms with Crippen LogP contribution in [0.15, 0.2) is 22.7 Å². The normalized spacial score (nSPS) is 17.3. The van der Waals surface area contributed by atoms with Crippen LogP contribution in [0.5, 0.6) is 0 Å². The van der Waals surface area contributed by atoms with Gasteiger partial charge >= 0.3 is 0 Å². The molecule has 1 aromatic carbocycles. The van der Waals surface area contributed by atoms with Gasteiger partial charge in [0.1, 0.15) is 0 Å². The van der Waals surface area contributed by atoms with Gasteiger partial charge in [0, 0.05) is 16.2 Å². The number of carbonyl (C=O) groups excluding carboxylic acids is 2. The van der Waals surface area contributed by atoms with Gasteiger partial charge in [-0.2, -0.15) is 0 Å². The number of hydrogen-bond donors (Lipinski definition) is 2. The van der Waals surface area contributed by atoms with Gasteiger partial charge in [0.05, 0.1) is 13.1 Å². The summed E-state index contributed by atoms with van der Waals surface area (Å²) in [7, 11) is 1.90. The Kier molecular flexibility index (Phi) is 4.21. The second-order valence-corrected chi connectivity index (χ2v) is 5.40. The van der Waals surface area contributed by atoms with E-state index in [2.05, 4.69) is 33.5 Å². The van der Waals surface area contributed by atoms with Crippen molar-refractivity contribution in [1.82, 2.24) is 10.6 Å². The quantitative estimate of drug-likeness (QED) is 0.820. The van der Waals surface area contributed by atoms with Gasteiger partial charge in [0.25, 0.3) is 0 Å². The molecule has 2 rings (SSSR count). The molecule has 6 heteroatoms. The number of nitrogens with zero attached hydrogens (tertiary/aromatic N) is 1. The van der Waals surface area contributed by atoms with Crippen molar-refractivity contribution in [2.75, 3.05) is 25.0 Å². The minimum atomic E-state index is -0.264. The third kappa shape index (κ3) is 3.13. The maximum absolute atomic E-state index is 11.4. The van der Waals surface area contributed by atoms with Crippen molar-refractivity contribution < 1.29 is 9.59 Å². The van der Waals surface area contributed by atoms with Gasteiger partial charge in [-0.05, 0) is 31.7 Å². The van der Waals surface area contributed by atoms with Gasteiger partial charge in [-0.1, -0.05) is 22.0 Å². The SMILES string of the molecule is CNC(C)c1ccc(N2CC(=O)NC(=O)C2)cc1Br. The number of nitrogens with one attached hydrogen (secondary N) is 2. The average molecular weight is 326 g/mol. The Labute approximate surface area is 120 Å². The smallest absolute Gasteiger partial charge is 0.246 e. The van der Waals surface area contributed by atoms with Crippen LogP contribution in [0.3, 0.4) is 0 Å². The number of benzene rings is 1. The van der Waals surface area contributed by atoms with Gasteiger partial charge in [0.15, 0.2) is 0 Å². The Morgan fingerprint density at radius 1 is 1.32 bits per heavy atom. The van der Waals surface area contributed by atoms with E-state index in [9.17, 15) is 9.59 Å². The van der Waals surface area contributed by atoms with Gasteiger partial charge < -0.3 is 10.2 Å². The van der Waals surface area contributed by atoms with E-state index in [0.717, 1.165) is 15.7 Å². The molecule has 1 fully saturated rings. The molecule has 102 valence electrons. The molecule has 1 aliphatic heterocycles. The number of piperazine rings is 1. The summed E-state index contributed by atoms with van der Waals surface area (Å²) in [6.45, 7) is 2.48. The minimum Gasteiger partial charge on any atom is -0.353 e. The van der Waals surface area contributed by atoms with E-state index in [0.29, 0.717) is 0 Å². The summed E-state index contributed by atoms with van der Waals surface area (Å²) in [5.41, 5.74) is 2.00. The summed E-state index contributed by atoms with van der Waals surface area (Å²) in [6.07, 6.45) is 0. The van der Waals surface area contributed by atoms with Crippen molar-refractivity contribution in [1.29, 1.82) is 0 Å². The lowest BCUT2D eigenvalue weighted by molar-refractivity contribution is -0.130. The van der Waals surface area contributed by atoms with Gasteiger partial charge in [-0.3, -0.25) is 14.9 Å². The molecule has 2 N–H and O–H groups in total. The second-order valence-electron chi connectivity index (χ2n) is 4.54. The van der Waals surface area contributed by atoms with Crippen molar-refractivity contribution in [2.24, 2.45) is 0 Å². The molecule has 1 unspecified atom stereocenters. The lowest BCUT2D eigenvalue weighted by atomic mass is 10.1. The number of carbonyl (C=O) groups is 2. The van der Waals surface area contributed by atoms with E-state index in [-0.39, 0.29) is 30.9 Å². The molecule has 0 aliphatic carbocycles. The summed E-state index contributed by atoms with van der Waals surface area (Å²) in [5.74, 6) is -0.528. The number of rotatable bonds is 3. The molecule has 1 aromatic rings. The van der Waals surface area contributed by atoms with Crippen molar-refractivity contribution in [2.45, 2.75) is 13.0 Å². The predicted molar refractivity (Wildman–Crippen MR) is 77.0 cm³/mol. The Morgan fingerprint density at radius 2 is 1.95 bits per heavy atom. The lowest BCUT2D eigenvalue weighted by Gasteiger charge is -2.28. The van der Waals surface area contributed by atoms with Gasteiger partial charge in [0.2, 0.25) is 11.8 Å². The van der Waals surface area contributed by atoms with Crippen molar-refractivity contribution >= 4 is 33.4 Å². The van der Waals surface area contributed by atoms with E-state index in [1.54, 1.807) is 4.90 Å². The summed E-state index contributed by atoms with van der Waals surface area (Å²) in [4.78, 5) is 24.5. The predicted octanol–water partition coefficient (Wildman–Crippen LogP) is 1.19. The molecule has 2 amide bonds. The third-order valence-corrected chi connectivity index (χ3v) is 3.88. The molecule has 0 bridgehead atoms. The average Bonchev–Trinajstić information content (AvgIpc) is 2.36. The molecule has 1 heterocycles. The van der Waals surface area contributed by atoms with Gasteiger partial charge in [-0.25, -0.2) is 0 Å². The van der Waals surface area contributed by atoms with Crippen LogP contribution < -0.4 is 15.5 Å². The first-order valence-electron chi connectivity index (χ1n) is 6.05. The fourth-order valence-electron chi connectivity index (χ4n) is 2.04. The largest absolute Gasteiger partial charge is 0.353 e. The van der Waals surface area contributed by atoms with Crippen LogP contribution in [-0.4, -0.2) is 32.0 Å². The second kappa shape index (κ2) is 5.71. The fraction of sp³-hybridized carbons (Fsp3) is 0.385. The van der Waals surface area contributed by atoms with E-state index in [4.69, 9.17) is 0 Å².